The van der Waals surface area contributed by atoms with Gasteiger partial charge in [-0.2, -0.15) is 0 Å². The molecule has 1 aromatic heterocycles. The van der Waals surface area contributed by atoms with Crippen molar-refractivity contribution >= 4 is 27.3 Å². The van der Waals surface area contributed by atoms with Crippen LogP contribution in [0, 0.1) is 6.92 Å². The summed E-state index contributed by atoms with van der Waals surface area (Å²) >= 11 is 5.30. The molecule has 0 saturated carbocycles. The third kappa shape index (κ3) is 3.04. The van der Waals surface area contributed by atoms with Gasteiger partial charge in [0.25, 0.3) is 0 Å². The van der Waals surface area contributed by atoms with Gasteiger partial charge in [0.1, 0.15) is 5.01 Å². The second-order valence-corrected chi connectivity index (χ2v) is 4.94. The molecule has 0 unspecified atom stereocenters. The standard InChI is InChI=1S/C10H17BrN2S/c1-4-13(5-2)7-10-12-8(3)9(6-11)14-10/h4-7H2,1-3H3. The maximum absolute atomic E-state index is 4.56. The van der Waals surface area contributed by atoms with E-state index in [0.29, 0.717) is 0 Å². The van der Waals surface area contributed by atoms with E-state index < -0.39 is 0 Å². The van der Waals surface area contributed by atoms with Gasteiger partial charge in [-0.05, 0) is 20.0 Å². The Bertz CT molecular complexity index is 282. The summed E-state index contributed by atoms with van der Waals surface area (Å²) in [5.41, 5.74) is 1.18. The highest BCUT2D eigenvalue weighted by molar-refractivity contribution is 9.08. The number of thiazole rings is 1. The van der Waals surface area contributed by atoms with E-state index in [0.717, 1.165) is 25.0 Å². The Kier molecular flexibility index (Phi) is 5.06. The van der Waals surface area contributed by atoms with Crippen LogP contribution in [0.25, 0.3) is 0 Å². The number of aryl methyl sites for hydroxylation is 1. The third-order valence-electron chi connectivity index (χ3n) is 2.31. The molecule has 0 radical (unpaired) electrons. The fraction of sp³-hybridized carbons (Fsp3) is 0.700. The zero-order valence-electron chi connectivity index (χ0n) is 9.01. The first-order valence-electron chi connectivity index (χ1n) is 4.94. The summed E-state index contributed by atoms with van der Waals surface area (Å²) in [6.07, 6.45) is 0. The number of nitrogens with zero attached hydrogens (tertiary/aromatic N) is 2. The Morgan fingerprint density at radius 2 is 2.00 bits per heavy atom. The summed E-state index contributed by atoms with van der Waals surface area (Å²) in [5, 5.41) is 2.16. The minimum absolute atomic E-state index is 0.925. The van der Waals surface area contributed by atoms with Gasteiger partial charge in [0.15, 0.2) is 0 Å². The summed E-state index contributed by atoms with van der Waals surface area (Å²) in [4.78, 5) is 8.30. The number of halogens is 1. The van der Waals surface area contributed by atoms with Crippen LogP contribution in [-0.4, -0.2) is 23.0 Å². The SMILES string of the molecule is CCN(CC)Cc1nc(C)c(CBr)s1. The van der Waals surface area contributed by atoms with Gasteiger partial charge in [0.2, 0.25) is 0 Å². The summed E-state index contributed by atoms with van der Waals surface area (Å²) in [6.45, 7) is 9.65. The summed E-state index contributed by atoms with van der Waals surface area (Å²) in [6, 6.07) is 0. The monoisotopic (exact) mass is 276 g/mol. The number of hydrogen-bond donors (Lipinski definition) is 0. The average Bonchev–Trinajstić information content (AvgIpc) is 2.55. The molecule has 0 amide bonds. The zero-order chi connectivity index (χ0) is 10.6. The van der Waals surface area contributed by atoms with E-state index in [1.807, 2.05) is 11.3 Å². The van der Waals surface area contributed by atoms with Crippen molar-refractivity contribution in [3.8, 4) is 0 Å². The van der Waals surface area contributed by atoms with Crippen LogP contribution >= 0.6 is 27.3 Å². The number of alkyl halides is 1. The second kappa shape index (κ2) is 5.83. The lowest BCUT2D eigenvalue weighted by atomic mass is 10.4. The molecule has 0 bridgehead atoms. The highest BCUT2D eigenvalue weighted by Gasteiger charge is 2.08. The lowest BCUT2D eigenvalue weighted by Gasteiger charge is -2.15. The summed E-state index contributed by atoms with van der Waals surface area (Å²) in [5.74, 6) is 0. The molecule has 4 heteroatoms. The molecular formula is C10H17BrN2S. The quantitative estimate of drug-likeness (QED) is 0.768. The van der Waals surface area contributed by atoms with Crippen LogP contribution < -0.4 is 0 Å². The zero-order valence-corrected chi connectivity index (χ0v) is 11.4. The number of rotatable bonds is 5. The normalized spacial score (nSPS) is 11.2. The molecule has 0 aliphatic rings. The maximum atomic E-state index is 4.56. The third-order valence-corrected chi connectivity index (χ3v) is 4.39. The topological polar surface area (TPSA) is 16.1 Å². The van der Waals surface area contributed by atoms with Crippen molar-refractivity contribution in [2.75, 3.05) is 13.1 Å². The van der Waals surface area contributed by atoms with E-state index in [1.54, 1.807) is 0 Å². The fourth-order valence-corrected chi connectivity index (χ4v) is 3.03. The fourth-order valence-electron chi connectivity index (χ4n) is 1.32. The number of aromatic nitrogens is 1. The number of hydrogen-bond acceptors (Lipinski definition) is 3. The first-order chi connectivity index (χ1) is 6.71. The van der Waals surface area contributed by atoms with Crippen molar-refractivity contribution in [2.24, 2.45) is 0 Å². The molecule has 0 atom stereocenters. The molecule has 2 nitrogen and oxygen atoms in total. The van der Waals surface area contributed by atoms with Crippen molar-refractivity contribution < 1.29 is 0 Å². The van der Waals surface area contributed by atoms with Crippen LogP contribution in [0.1, 0.15) is 29.4 Å². The largest absolute Gasteiger partial charge is 0.297 e. The Labute approximate surface area is 98.5 Å². The van der Waals surface area contributed by atoms with Crippen molar-refractivity contribution in [3.63, 3.8) is 0 Å². The predicted molar refractivity (Wildman–Crippen MR) is 66.1 cm³/mol. The first kappa shape index (κ1) is 12.1. The van der Waals surface area contributed by atoms with Crippen molar-refractivity contribution in [2.45, 2.75) is 32.6 Å². The minimum Gasteiger partial charge on any atom is -0.297 e. The van der Waals surface area contributed by atoms with Crippen LogP contribution in [0.15, 0.2) is 0 Å². The summed E-state index contributed by atoms with van der Waals surface area (Å²) in [7, 11) is 0. The Morgan fingerprint density at radius 1 is 1.36 bits per heavy atom. The molecule has 0 aromatic carbocycles. The van der Waals surface area contributed by atoms with E-state index in [4.69, 9.17) is 0 Å². The molecule has 0 fully saturated rings. The average molecular weight is 277 g/mol. The molecule has 0 N–H and O–H groups in total. The van der Waals surface area contributed by atoms with E-state index >= 15 is 0 Å². The van der Waals surface area contributed by atoms with E-state index in [9.17, 15) is 0 Å². The second-order valence-electron chi connectivity index (χ2n) is 3.21. The maximum Gasteiger partial charge on any atom is 0.107 e. The summed E-state index contributed by atoms with van der Waals surface area (Å²) < 4.78 is 0. The van der Waals surface area contributed by atoms with Gasteiger partial charge in [-0.25, -0.2) is 4.98 Å². The van der Waals surface area contributed by atoms with E-state index in [2.05, 4.69) is 46.6 Å². The Morgan fingerprint density at radius 3 is 2.43 bits per heavy atom. The molecule has 14 heavy (non-hydrogen) atoms. The molecule has 1 heterocycles. The van der Waals surface area contributed by atoms with Crippen LogP contribution in [-0.2, 0) is 11.9 Å². The van der Waals surface area contributed by atoms with Crippen molar-refractivity contribution in [1.82, 2.24) is 9.88 Å². The van der Waals surface area contributed by atoms with Gasteiger partial charge >= 0.3 is 0 Å². The predicted octanol–water partition coefficient (Wildman–Crippen LogP) is 3.19. The highest BCUT2D eigenvalue weighted by atomic mass is 79.9. The van der Waals surface area contributed by atoms with Crippen LogP contribution in [0.5, 0.6) is 0 Å². The lowest BCUT2D eigenvalue weighted by molar-refractivity contribution is 0.295. The van der Waals surface area contributed by atoms with Crippen LogP contribution in [0.2, 0.25) is 0 Å². The molecule has 0 spiro atoms. The first-order valence-corrected chi connectivity index (χ1v) is 6.88. The van der Waals surface area contributed by atoms with Gasteiger partial charge in [0, 0.05) is 10.2 Å². The molecule has 0 aliphatic carbocycles. The molecular weight excluding hydrogens is 260 g/mol. The van der Waals surface area contributed by atoms with E-state index in [-0.39, 0.29) is 0 Å². The van der Waals surface area contributed by atoms with Gasteiger partial charge in [-0.15, -0.1) is 11.3 Å². The molecule has 1 aromatic rings. The van der Waals surface area contributed by atoms with Gasteiger partial charge < -0.3 is 0 Å². The van der Waals surface area contributed by atoms with Crippen molar-refractivity contribution in [1.29, 1.82) is 0 Å². The van der Waals surface area contributed by atoms with Crippen LogP contribution in [0.3, 0.4) is 0 Å². The minimum atomic E-state index is 0.925. The molecule has 0 saturated heterocycles. The smallest absolute Gasteiger partial charge is 0.107 e. The molecule has 1 rings (SSSR count). The van der Waals surface area contributed by atoms with Gasteiger partial charge in [-0.1, -0.05) is 29.8 Å². The Balaban J connectivity index is 2.67. The van der Waals surface area contributed by atoms with Gasteiger partial charge in [-0.3, -0.25) is 4.90 Å². The van der Waals surface area contributed by atoms with E-state index in [1.165, 1.54) is 15.6 Å². The van der Waals surface area contributed by atoms with Crippen molar-refractivity contribution in [3.05, 3.63) is 15.6 Å². The Hall–Kier alpha value is 0.0700. The van der Waals surface area contributed by atoms with Gasteiger partial charge in [0.05, 0.1) is 12.2 Å². The molecule has 0 aliphatic heterocycles. The highest BCUT2D eigenvalue weighted by Crippen LogP contribution is 2.21. The lowest BCUT2D eigenvalue weighted by Crippen LogP contribution is -2.21. The van der Waals surface area contributed by atoms with Crippen LogP contribution in [0.4, 0.5) is 0 Å². The molecule has 80 valence electrons.